The summed E-state index contributed by atoms with van der Waals surface area (Å²) < 4.78 is 1.87. The highest BCUT2D eigenvalue weighted by molar-refractivity contribution is 7.17. The van der Waals surface area contributed by atoms with Crippen molar-refractivity contribution in [1.82, 2.24) is 24.7 Å². The van der Waals surface area contributed by atoms with Crippen molar-refractivity contribution in [2.24, 2.45) is 0 Å². The Morgan fingerprint density at radius 3 is 2.79 bits per heavy atom. The number of hydrogen-bond donors (Lipinski definition) is 0. The Morgan fingerprint density at radius 1 is 1.10 bits per heavy atom. The number of aromatic nitrogens is 4. The summed E-state index contributed by atoms with van der Waals surface area (Å²) in [5.41, 5.74) is 4.69. The Hall–Kier alpha value is -2.54. The molecule has 4 aromatic rings. The second-order valence-electron chi connectivity index (χ2n) is 7.30. The summed E-state index contributed by atoms with van der Waals surface area (Å²) in [6, 6.07) is 16.3. The molecule has 0 atom stereocenters. The molecule has 29 heavy (non-hydrogen) atoms. The Morgan fingerprint density at radius 2 is 2.00 bits per heavy atom. The third-order valence-corrected chi connectivity index (χ3v) is 6.53. The smallest absolute Gasteiger partial charge is 0.235 e. The van der Waals surface area contributed by atoms with Crippen LogP contribution in [0, 0.1) is 6.92 Å². The van der Waals surface area contributed by atoms with E-state index >= 15 is 0 Å². The summed E-state index contributed by atoms with van der Waals surface area (Å²) in [6.45, 7) is 4.83. The van der Waals surface area contributed by atoms with Gasteiger partial charge in [0.05, 0.1) is 0 Å². The number of benzene rings is 2. The van der Waals surface area contributed by atoms with Crippen molar-refractivity contribution >= 4 is 33.5 Å². The number of rotatable bonds is 4. The van der Waals surface area contributed by atoms with Gasteiger partial charge < -0.3 is 0 Å². The number of aryl methyl sites for hydroxylation is 1. The Labute approximate surface area is 178 Å². The van der Waals surface area contributed by atoms with Crippen LogP contribution < -0.4 is 0 Å². The molecular formula is C22H20ClN5S. The molecule has 1 aliphatic rings. The lowest BCUT2D eigenvalue weighted by Gasteiger charge is -2.25. The normalized spacial score (nSPS) is 15.0. The van der Waals surface area contributed by atoms with E-state index in [9.17, 15) is 0 Å². The molecule has 5 rings (SSSR count). The molecule has 0 bridgehead atoms. The van der Waals surface area contributed by atoms with Gasteiger partial charge in [0.25, 0.3) is 0 Å². The van der Waals surface area contributed by atoms with Crippen molar-refractivity contribution in [2.75, 3.05) is 13.1 Å². The molecular weight excluding hydrogens is 402 g/mol. The molecule has 5 nitrogen and oxygen atoms in total. The van der Waals surface area contributed by atoms with Crippen LogP contribution in [0.25, 0.3) is 21.9 Å². The van der Waals surface area contributed by atoms with E-state index in [1.165, 1.54) is 16.7 Å². The zero-order chi connectivity index (χ0) is 19.8. The largest absolute Gasteiger partial charge is 0.295 e. The maximum Gasteiger partial charge on any atom is 0.235 e. The summed E-state index contributed by atoms with van der Waals surface area (Å²) in [4.78, 5) is 3.24. The zero-order valence-corrected chi connectivity index (χ0v) is 17.6. The highest BCUT2D eigenvalue weighted by atomic mass is 35.5. The minimum absolute atomic E-state index is 0.794. The Balaban J connectivity index is 1.37. The molecule has 2 aromatic heterocycles. The van der Waals surface area contributed by atoms with Crippen LogP contribution >= 0.6 is 22.9 Å². The van der Waals surface area contributed by atoms with E-state index in [0.29, 0.717) is 0 Å². The molecule has 1 aliphatic heterocycles. The fourth-order valence-corrected chi connectivity index (χ4v) is 4.73. The predicted molar refractivity (Wildman–Crippen MR) is 118 cm³/mol. The second-order valence-corrected chi connectivity index (χ2v) is 8.66. The number of fused-ring (bicyclic) bond motifs is 1. The van der Waals surface area contributed by atoms with Gasteiger partial charge in [-0.15, -0.1) is 10.2 Å². The first-order valence-corrected chi connectivity index (χ1v) is 10.8. The fraction of sp³-hybridized carbons (Fsp3) is 0.227. The van der Waals surface area contributed by atoms with E-state index in [2.05, 4.69) is 52.4 Å². The second kappa shape index (κ2) is 7.71. The van der Waals surface area contributed by atoms with Crippen LogP contribution in [0.1, 0.15) is 22.6 Å². The molecule has 0 aliphatic carbocycles. The average molecular weight is 422 g/mol. The lowest BCUT2D eigenvalue weighted by atomic mass is 10.1. The summed E-state index contributed by atoms with van der Waals surface area (Å²) in [6.07, 6.45) is 3.24. The van der Waals surface area contributed by atoms with Gasteiger partial charge in [-0.05, 0) is 36.6 Å². The van der Waals surface area contributed by atoms with Gasteiger partial charge in [-0.2, -0.15) is 9.61 Å². The topological polar surface area (TPSA) is 46.3 Å². The van der Waals surface area contributed by atoms with Crippen molar-refractivity contribution in [3.63, 3.8) is 0 Å². The van der Waals surface area contributed by atoms with Crippen LogP contribution in [-0.4, -0.2) is 37.8 Å². The molecule has 146 valence electrons. The quantitative estimate of drug-likeness (QED) is 0.459. The van der Waals surface area contributed by atoms with Gasteiger partial charge in [0.15, 0.2) is 5.82 Å². The summed E-state index contributed by atoms with van der Waals surface area (Å²) >= 11 is 7.91. The first kappa shape index (κ1) is 18.5. The third kappa shape index (κ3) is 3.71. The monoisotopic (exact) mass is 421 g/mol. The van der Waals surface area contributed by atoms with Crippen LogP contribution in [0.2, 0.25) is 5.02 Å². The van der Waals surface area contributed by atoms with E-state index in [1.54, 1.807) is 11.3 Å². The molecule has 0 fully saturated rings. The van der Waals surface area contributed by atoms with E-state index in [1.807, 2.05) is 28.8 Å². The van der Waals surface area contributed by atoms with Gasteiger partial charge >= 0.3 is 0 Å². The van der Waals surface area contributed by atoms with Gasteiger partial charge in [0.1, 0.15) is 5.01 Å². The molecule has 7 heteroatoms. The molecule has 0 saturated carbocycles. The molecule has 0 amide bonds. The number of nitrogens with zero attached hydrogens (tertiary/aromatic N) is 5. The van der Waals surface area contributed by atoms with Gasteiger partial charge in [0.2, 0.25) is 4.96 Å². The molecule has 0 saturated heterocycles. The Kier molecular flexibility index (Phi) is 4.91. The highest BCUT2D eigenvalue weighted by Gasteiger charge is 2.19. The Bertz CT molecular complexity index is 1210. The van der Waals surface area contributed by atoms with Crippen molar-refractivity contribution in [3.8, 4) is 11.4 Å². The summed E-state index contributed by atoms with van der Waals surface area (Å²) in [7, 11) is 0. The number of hydrogen-bond acceptors (Lipinski definition) is 5. The van der Waals surface area contributed by atoms with Crippen molar-refractivity contribution in [3.05, 3.63) is 75.8 Å². The SMILES string of the molecule is Cc1cccc(-c2nnc3sc(C4=CCN(Cc5ccccc5Cl)CC4)nn23)c1. The maximum atomic E-state index is 6.31. The third-order valence-electron chi connectivity index (χ3n) is 5.19. The van der Waals surface area contributed by atoms with Crippen LogP contribution in [0.15, 0.2) is 54.6 Å². The van der Waals surface area contributed by atoms with Gasteiger partial charge in [-0.1, -0.05) is 71.0 Å². The lowest BCUT2D eigenvalue weighted by molar-refractivity contribution is 0.294. The van der Waals surface area contributed by atoms with Crippen LogP contribution in [0.5, 0.6) is 0 Å². The van der Waals surface area contributed by atoms with Crippen molar-refractivity contribution in [2.45, 2.75) is 19.9 Å². The standard InChI is InChI=1S/C22H20ClN5S/c1-15-5-4-7-17(13-15)20-24-25-22-28(20)26-21(29-22)16-9-11-27(12-10-16)14-18-6-2-3-8-19(18)23/h2-9,13H,10-12,14H2,1H3. The maximum absolute atomic E-state index is 6.31. The van der Waals surface area contributed by atoms with Crippen LogP contribution in [-0.2, 0) is 6.54 Å². The van der Waals surface area contributed by atoms with Crippen LogP contribution in [0.4, 0.5) is 0 Å². The first-order chi connectivity index (χ1) is 14.2. The fourth-order valence-electron chi connectivity index (χ4n) is 3.63. The minimum atomic E-state index is 0.794. The molecule has 0 radical (unpaired) electrons. The highest BCUT2D eigenvalue weighted by Crippen LogP contribution is 2.29. The predicted octanol–water partition coefficient (Wildman–Crippen LogP) is 5.10. The summed E-state index contributed by atoms with van der Waals surface area (Å²) in [5, 5.41) is 15.4. The van der Waals surface area contributed by atoms with E-state index in [-0.39, 0.29) is 0 Å². The first-order valence-electron chi connectivity index (χ1n) is 9.62. The van der Waals surface area contributed by atoms with Gasteiger partial charge in [0, 0.05) is 30.2 Å². The molecule has 0 unspecified atom stereocenters. The van der Waals surface area contributed by atoms with Gasteiger partial charge in [-0.3, -0.25) is 4.90 Å². The summed E-state index contributed by atoms with van der Waals surface area (Å²) in [5.74, 6) is 0.794. The number of halogens is 1. The minimum Gasteiger partial charge on any atom is -0.295 e. The molecule has 3 heterocycles. The average Bonchev–Trinajstić information content (AvgIpc) is 3.31. The van der Waals surface area contributed by atoms with E-state index in [4.69, 9.17) is 16.7 Å². The van der Waals surface area contributed by atoms with E-state index in [0.717, 1.165) is 52.4 Å². The van der Waals surface area contributed by atoms with Crippen molar-refractivity contribution < 1.29 is 0 Å². The van der Waals surface area contributed by atoms with Crippen LogP contribution in [0.3, 0.4) is 0 Å². The molecule has 0 spiro atoms. The van der Waals surface area contributed by atoms with Crippen molar-refractivity contribution in [1.29, 1.82) is 0 Å². The molecule has 2 aromatic carbocycles. The van der Waals surface area contributed by atoms with Gasteiger partial charge in [-0.25, -0.2) is 0 Å². The molecule has 0 N–H and O–H groups in total. The van der Waals surface area contributed by atoms with E-state index < -0.39 is 0 Å². The lowest BCUT2D eigenvalue weighted by Crippen LogP contribution is -2.28. The zero-order valence-electron chi connectivity index (χ0n) is 16.0.